The highest BCUT2D eigenvalue weighted by Crippen LogP contribution is 2.46. The fourth-order valence-electron chi connectivity index (χ4n) is 7.36. The highest BCUT2D eigenvalue weighted by Gasteiger charge is 2.43. The van der Waals surface area contributed by atoms with Crippen molar-refractivity contribution in [3.05, 3.63) is 76.6 Å². The normalized spacial score (nSPS) is 23.3. The molecule has 3 aliphatic rings. The van der Waals surface area contributed by atoms with Crippen molar-refractivity contribution in [3.63, 3.8) is 0 Å². The second-order valence-corrected chi connectivity index (χ2v) is 16.1. The molecule has 2 aromatic carbocycles. The number of aryl methyl sites for hydroxylation is 1. The van der Waals surface area contributed by atoms with E-state index in [1.165, 1.54) is 23.5 Å². The van der Waals surface area contributed by atoms with Gasteiger partial charge < -0.3 is 20.1 Å². The van der Waals surface area contributed by atoms with Crippen molar-refractivity contribution in [3.8, 4) is 5.75 Å². The summed E-state index contributed by atoms with van der Waals surface area (Å²) in [6.07, 6.45) is 7.74. The van der Waals surface area contributed by atoms with Gasteiger partial charge in [0.1, 0.15) is 5.75 Å². The molecule has 1 spiro atoms. The number of aromatic nitrogens is 2. The highest BCUT2D eigenvalue weighted by atomic mass is 35.5. The van der Waals surface area contributed by atoms with Crippen molar-refractivity contribution in [1.82, 2.24) is 15.3 Å². The number of hydrogen-bond donors (Lipinski definition) is 2. The molecule has 12 heteroatoms. The Bertz CT molecular complexity index is 1760. The average Bonchev–Trinajstić information content (AvgIpc) is 3.19. The van der Waals surface area contributed by atoms with Crippen LogP contribution in [0.4, 0.5) is 5.69 Å². The van der Waals surface area contributed by atoms with Crippen LogP contribution < -0.4 is 15.0 Å². The van der Waals surface area contributed by atoms with E-state index in [4.69, 9.17) is 16.3 Å². The molecular formula is C35H41ClN4O6S. The number of benzene rings is 2. The number of sulfone groups is 1. The van der Waals surface area contributed by atoms with Crippen LogP contribution in [0.25, 0.3) is 0 Å². The molecule has 47 heavy (non-hydrogen) atoms. The zero-order chi connectivity index (χ0) is 33.3. The molecular weight excluding hydrogens is 640 g/mol. The number of halogens is 1. The van der Waals surface area contributed by atoms with Crippen molar-refractivity contribution in [2.24, 2.45) is 17.8 Å². The molecule has 3 aromatic rings. The molecule has 0 radical (unpaired) electrons. The fourth-order valence-corrected chi connectivity index (χ4v) is 9.01. The van der Waals surface area contributed by atoms with Crippen LogP contribution in [0.1, 0.15) is 67.4 Å². The standard InChI is InChI=1S/C35H41ClN4O6S/c1-22(23(2)47(44,45)34-37-13-4-14-38-34)15-32(41)39-18-26-6-7-27(26)19-40-20-35(12-3-5-24-16-28(36)9-10-29(24)35)21-46-31-11-8-25(33(42)43)17-30(31)40/h4,8-11,13-14,16-17,22-23,26-27H,3,5-7,12,15,18-21H2,1-2H3,(H,39,41)(H,42,43)/t22-,23+,26+,27+,35+/m1/s1. The van der Waals surface area contributed by atoms with E-state index in [0.29, 0.717) is 32.0 Å². The summed E-state index contributed by atoms with van der Waals surface area (Å²) >= 11 is 6.38. The Balaban J connectivity index is 1.15. The van der Waals surface area contributed by atoms with Crippen molar-refractivity contribution < 1.29 is 27.9 Å². The predicted octanol–water partition coefficient (Wildman–Crippen LogP) is 5.33. The molecule has 6 rings (SSSR count). The molecule has 2 heterocycles. The van der Waals surface area contributed by atoms with Crippen LogP contribution >= 0.6 is 11.6 Å². The van der Waals surface area contributed by atoms with Crippen LogP contribution in [-0.4, -0.2) is 66.9 Å². The Hall–Kier alpha value is -3.70. The summed E-state index contributed by atoms with van der Waals surface area (Å²) in [5.74, 6) is -0.390. The molecule has 0 bridgehead atoms. The number of amides is 1. The molecule has 5 atom stereocenters. The number of carboxylic acids is 1. The maximum atomic E-state index is 13.0. The molecule has 0 saturated heterocycles. The lowest BCUT2D eigenvalue weighted by atomic mass is 9.69. The van der Waals surface area contributed by atoms with Crippen molar-refractivity contribution >= 4 is 39.0 Å². The molecule has 1 fully saturated rings. The van der Waals surface area contributed by atoms with Gasteiger partial charge in [0.15, 0.2) is 0 Å². The van der Waals surface area contributed by atoms with E-state index in [2.05, 4.69) is 32.3 Å². The minimum Gasteiger partial charge on any atom is -0.490 e. The number of nitrogens with zero attached hydrogens (tertiary/aromatic N) is 3. The van der Waals surface area contributed by atoms with Gasteiger partial charge in [-0.2, -0.15) is 0 Å². The Morgan fingerprint density at radius 3 is 2.62 bits per heavy atom. The Labute approximate surface area is 280 Å². The summed E-state index contributed by atoms with van der Waals surface area (Å²) in [6, 6.07) is 12.8. The topological polar surface area (TPSA) is 139 Å². The summed E-state index contributed by atoms with van der Waals surface area (Å²) in [4.78, 5) is 35.0. The third kappa shape index (κ3) is 6.83. The maximum Gasteiger partial charge on any atom is 0.335 e. The Kier molecular flexibility index (Phi) is 9.49. The number of hydrogen-bond acceptors (Lipinski definition) is 8. The number of nitrogens with one attached hydrogen (secondary N) is 1. The number of carbonyl (C=O) groups is 2. The van der Waals surface area contributed by atoms with Crippen LogP contribution in [0.5, 0.6) is 5.75 Å². The van der Waals surface area contributed by atoms with E-state index in [1.54, 1.807) is 38.1 Å². The minimum absolute atomic E-state index is 0.0748. The van der Waals surface area contributed by atoms with Gasteiger partial charge in [-0.05, 0) is 104 Å². The smallest absolute Gasteiger partial charge is 0.335 e. The third-order valence-corrected chi connectivity index (χ3v) is 12.9. The SMILES string of the molecule is C[C@H](CC(=O)NC[C@@H]1CC[C@H]1CN1C[C@@]2(CCCc3cc(Cl)ccc32)COc2ccc(C(=O)O)cc21)[C@H](C)S(=O)(=O)c1ncccn1. The van der Waals surface area contributed by atoms with Crippen LogP contribution in [0.15, 0.2) is 60.0 Å². The summed E-state index contributed by atoms with van der Waals surface area (Å²) in [6.45, 7) is 5.72. The number of carboxylic acid groups (broad SMARTS) is 1. The molecule has 1 amide bonds. The van der Waals surface area contributed by atoms with E-state index in [9.17, 15) is 23.1 Å². The maximum absolute atomic E-state index is 13.0. The molecule has 1 aliphatic heterocycles. The van der Waals surface area contributed by atoms with Gasteiger partial charge in [0.05, 0.1) is 23.1 Å². The monoisotopic (exact) mass is 680 g/mol. The summed E-state index contributed by atoms with van der Waals surface area (Å²) in [5, 5.41) is 12.5. The molecule has 1 aromatic heterocycles. The summed E-state index contributed by atoms with van der Waals surface area (Å²) < 4.78 is 32.4. The lowest BCUT2D eigenvalue weighted by Gasteiger charge is -2.44. The minimum atomic E-state index is -3.76. The quantitative estimate of drug-likeness (QED) is 0.272. The number of fused-ring (bicyclic) bond motifs is 3. The Morgan fingerprint density at radius 2 is 1.89 bits per heavy atom. The van der Waals surface area contributed by atoms with E-state index in [0.717, 1.165) is 42.8 Å². The van der Waals surface area contributed by atoms with Gasteiger partial charge in [0.25, 0.3) is 0 Å². The molecule has 1 saturated carbocycles. The van der Waals surface area contributed by atoms with Crippen molar-refractivity contribution in [1.29, 1.82) is 0 Å². The molecule has 2 N–H and O–H groups in total. The highest BCUT2D eigenvalue weighted by molar-refractivity contribution is 7.91. The fraction of sp³-hybridized carbons (Fsp3) is 0.486. The van der Waals surface area contributed by atoms with Gasteiger partial charge in [0.2, 0.25) is 20.9 Å². The number of rotatable bonds is 10. The number of ether oxygens (including phenoxy) is 1. The van der Waals surface area contributed by atoms with Gasteiger partial charge >= 0.3 is 5.97 Å². The van der Waals surface area contributed by atoms with E-state index in [1.807, 2.05) is 6.07 Å². The van der Waals surface area contributed by atoms with Crippen LogP contribution in [0.3, 0.4) is 0 Å². The van der Waals surface area contributed by atoms with Gasteiger partial charge in [0, 0.05) is 48.9 Å². The Morgan fingerprint density at radius 1 is 1.13 bits per heavy atom. The average molecular weight is 681 g/mol. The van der Waals surface area contributed by atoms with E-state index < -0.39 is 27.0 Å². The first-order valence-corrected chi connectivity index (χ1v) is 18.2. The summed E-state index contributed by atoms with van der Waals surface area (Å²) in [5.41, 5.74) is 3.20. The molecule has 2 aliphatic carbocycles. The summed E-state index contributed by atoms with van der Waals surface area (Å²) in [7, 11) is -3.76. The number of aromatic carboxylic acids is 1. The second-order valence-electron chi connectivity index (χ2n) is 13.5. The predicted molar refractivity (Wildman–Crippen MR) is 179 cm³/mol. The molecule has 250 valence electrons. The first kappa shape index (κ1) is 33.2. The zero-order valence-electron chi connectivity index (χ0n) is 26.7. The van der Waals surface area contributed by atoms with Crippen LogP contribution in [0.2, 0.25) is 5.02 Å². The zero-order valence-corrected chi connectivity index (χ0v) is 28.3. The number of carbonyl (C=O) groups excluding carboxylic acids is 1. The molecule has 0 unspecified atom stereocenters. The van der Waals surface area contributed by atoms with E-state index >= 15 is 0 Å². The van der Waals surface area contributed by atoms with Gasteiger partial charge in [-0.3, -0.25) is 4.79 Å². The van der Waals surface area contributed by atoms with Gasteiger partial charge in [-0.25, -0.2) is 23.2 Å². The first-order valence-electron chi connectivity index (χ1n) is 16.3. The number of anilines is 1. The second kappa shape index (κ2) is 13.4. The first-order chi connectivity index (χ1) is 22.5. The lowest BCUT2D eigenvalue weighted by Crippen LogP contribution is -2.49. The van der Waals surface area contributed by atoms with E-state index in [-0.39, 0.29) is 40.3 Å². The van der Waals surface area contributed by atoms with Crippen molar-refractivity contribution in [2.75, 3.05) is 31.1 Å². The molecule has 10 nitrogen and oxygen atoms in total. The largest absolute Gasteiger partial charge is 0.490 e. The lowest BCUT2D eigenvalue weighted by molar-refractivity contribution is -0.122. The van der Waals surface area contributed by atoms with Gasteiger partial charge in [-0.1, -0.05) is 24.6 Å². The van der Waals surface area contributed by atoms with Crippen LogP contribution in [0, 0.1) is 17.8 Å². The van der Waals surface area contributed by atoms with Crippen molar-refractivity contribution in [2.45, 2.75) is 68.2 Å². The van der Waals surface area contributed by atoms with Gasteiger partial charge in [-0.15, -0.1) is 0 Å². The third-order valence-electron chi connectivity index (χ3n) is 10.5. The van der Waals surface area contributed by atoms with Crippen LogP contribution in [-0.2, 0) is 26.5 Å².